The van der Waals surface area contributed by atoms with E-state index in [9.17, 15) is 14.7 Å². The van der Waals surface area contributed by atoms with Gasteiger partial charge in [-0.3, -0.25) is 4.79 Å². The number of esters is 2. The van der Waals surface area contributed by atoms with Gasteiger partial charge >= 0.3 is 11.9 Å². The van der Waals surface area contributed by atoms with Crippen LogP contribution in [0.5, 0.6) is 0 Å². The van der Waals surface area contributed by atoms with Crippen molar-refractivity contribution >= 4 is 11.9 Å². The van der Waals surface area contributed by atoms with Crippen molar-refractivity contribution in [3.63, 3.8) is 0 Å². The first-order valence-electron chi connectivity index (χ1n) is 13.1. The van der Waals surface area contributed by atoms with Crippen LogP contribution in [-0.4, -0.2) is 42.7 Å². The van der Waals surface area contributed by atoms with Gasteiger partial charge in [0.1, 0.15) is 6.10 Å². The Morgan fingerprint density at radius 2 is 1.68 bits per heavy atom. The normalized spacial score (nSPS) is 49.4. The van der Waals surface area contributed by atoms with E-state index in [1.807, 2.05) is 0 Å². The molecule has 1 aliphatic heterocycles. The maximum Gasteiger partial charge on any atom is 0.339 e. The highest BCUT2D eigenvalue weighted by Gasteiger charge is 2.71. The first-order valence-corrected chi connectivity index (χ1v) is 13.1. The summed E-state index contributed by atoms with van der Waals surface area (Å²) < 4.78 is 17.3. The third-order valence-electron chi connectivity index (χ3n) is 11.4. The molecule has 190 valence electrons. The van der Waals surface area contributed by atoms with Gasteiger partial charge in [-0.05, 0) is 72.5 Å². The molecule has 0 spiro atoms. The van der Waals surface area contributed by atoms with Crippen LogP contribution in [0.2, 0.25) is 0 Å². The van der Waals surface area contributed by atoms with Crippen LogP contribution in [0.25, 0.3) is 0 Å². The Hall–Kier alpha value is -1.40. The fraction of sp³-hybridized carbons (Fsp3) is 0.857. The van der Waals surface area contributed by atoms with Crippen LogP contribution in [-0.2, 0) is 23.8 Å². The van der Waals surface area contributed by atoms with Crippen LogP contribution in [0.1, 0.15) is 86.5 Å². The number of ether oxygens (including phenoxy) is 3. The van der Waals surface area contributed by atoms with E-state index in [1.54, 1.807) is 7.11 Å². The van der Waals surface area contributed by atoms with Crippen LogP contribution in [0.15, 0.2) is 11.1 Å². The Morgan fingerprint density at radius 1 is 1.00 bits per heavy atom. The molecule has 3 fully saturated rings. The van der Waals surface area contributed by atoms with Crippen molar-refractivity contribution in [1.82, 2.24) is 0 Å². The van der Waals surface area contributed by atoms with E-state index in [-0.39, 0.29) is 22.7 Å². The van der Waals surface area contributed by atoms with Gasteiger partial charge < -0.3 is 19.3 Å². The minimum absolute atomic E-state index is 0.0231. The van der Waals surface area contributed by atoms with Crippen molar-refractivity contribution in [2.75, 3.05) is 7.11 Å². The highest BCUT2D eigenvalue weighted by molar-refractivity contribution is 5.94. The molecule has 0 aromatic heterocycles. The predicted octanol–water partition coefficient (Wildman–Crippen LogP) is 4.78. The van der Waals surface area contributed by atoms with E-state index in [4.69, 9.17) is 14.2 Å². The minimum Gasteiger partial charge on any atom is -0.462 e. The first kappa shape index (κ1) is 24.3. The summed E-state index contributed by atoms with van der Waals surface area (Å²) in [7, 11) is 1.63. The van der Waals surface area contributed by atoms with Gasteiger partial charge in [-0.25, -0.2) is 4.79 Å². The second-order valence-corrected chi connectivity index (χ2v) is 13.2. The highest BCUT2D eigenvalue weighted by Crippen LogP contribution is 2.74. The van der Waals surface area contributed by atoms with E-state index in [0.29, 0.717) is 34.8 Å². The molecule has 3 saturated carbocycles. The van der Waals surface area contributed by atoms with E-state index in [0.717, 1.165) is 12.8 Å². The molecule has 0 amide bonds. The summed E-state index contributed by atoms with van der Waals surface area (Å²) in [5, 5.41) is 11.0. The molecule has 6 nitrogen and oxygen atoms in total. The fourth-order valence-electron chi connectivity index (χ4n) is 10.1. The molecule has 6 heteroatoms. The molecule has 1 heterocycles. The van der Waals surface area contributed by atoms with Gasteiger partial charge in [-0.2, -0.15) is 0 Å². The number of methoxy groups -OCH3 is 1. The molecule has 0 aromatic carbocycles. The summed E-state index contributed by atoms with van der Waals surface area (Å²) in [5.41, 5.74) is 0.775. The number of aliphatic hydroxyl groups is 1. The van der Waals surface area contributed by atoms with Gasteiger partial charge in [0.25, 0.3) is 0 Å². The van der Waals surface area contributed by atoms with Crippen LogP contribution < -0.4 is 0 Å². The average Bonchev–Trinajstić information content (AvgIpc) is 3.03. The van der Waals surface area contributed by atoms with Crippen molar-refractivity contribution in [3.05, 3.63) is 11.1 Å². The number of cyclic esters (lactones) is 1. The molecular weight excluding hydrogens is 432 g/mol. The molecule has 5 aliphatic rings. The predicted molar refractivity (Wildman–Crippen MR) is 126 cm³/mol. The lowest BCUT2D eigenvalue weighted by Gasteiger charge is -2.70. The Morgan fingerprint density at radius 3 is 2.32 bits per heavy atom. The molecule has 0 saturated heterocycles. The summed E-state index contributed by atoms with van der Waals surface area (Å²) in [6.07, 6.45) is 5.24. The van der Waals surface area contributed by atoms with Gasteiger partial charge in [-0.1, -0.05) is 41.0 Å². The zero-order chi connectivity index (χ0) is 24.8. The summed E-state index contributed by atoms with van der Waals surface area (Å²) >= 11 is 0. The number of carbonyl (C=O) groups is 2. The molecule has 0 radical (unpaired) electrons. The molecule has 0 bridgehead atoms. The van der Waals surface area contributed by atoms with Crippen molar-refractivity contribution in [1.29, 1.82) is 0 Å². The summed E-state index contributed by atoms with van der Waals surface area (Å²) in [6.45, 7) is 13.3. The summed E-state index contributed by atoms with van der Waals surface area (Å²) in [6, 6.07) is 0. The zero-order valence-corrected chi connectivity index (χ0v) is 21.9. The van der Waals surface area contributed by atoms with E-state index in [1.165, 1.54) is 32.6 Å². The van der Waals surface area contributed by atoms with E-state index >= 15 is 0 Å². The largest absolute Gasteiger partial charge is 0.462 e. The number of fused-ring (bicyclic) bond motifs is 6. The summed E-state index contributed by atoms with van der Waals surface area (Å²) in [5.74, 6) is 0.292. The molecule has 5 rings (SSSR count). The van der Waals surface area contributed by atoms with Gasteiger partial charge in [0.15, 0.2) is 0 Å². The van der Waals surface area contributed by atoms with Gasteiger partial charge in [0.05, 0.1) is 11.7 Å². The Balaban J connectivity index is 1.68. The minimum atomic E-state index is -1.31. The highest BCUT2D eigenvalue weighted by atomic mass is 16.6. The number of hydrogen-bond acceptors (Lipinski definition) is 6. The Labute approximate surface area is 203 Å². The van der Waals surface area contributed by atoms with Crippen molar-refractivity contribution in [2.45, 2.75) is 105 Å². The molecule has 0 aromatic rings. The van der Waals surface area contributed by atoms with E-state index in [2.05, 4.69) is 34.6 Å². The van der Waals surface area contributed by atoms with Crippen molar-refractivity contribution < 1.29 is 28.9 Å². The second kappa shape index (κ2) is 7.55. The van der Waals surface area contributed by atoms with Gasteiger partial charge in [0, 0.05) is 25.0 Å². The molecule has 4 aliphatic carbocycles. The molecule has 1 unspecified atom stereocenters. The maximum atomic E-state index is 12.8. The molecule has 1 N–H and O–H groups in total. The Bertz CT molecular complexity index is 937. The maximum absolute atomic E-state index is 12.8. The van der Waals surface area contributed by atoms with Gasteiger partial charge in [-0.15, -0.1) is 0 Å². The third-order valence-corrected chi connectivity index (χ3v) is 11.4. The van der Waals surface area contributed by atoms with Crippen LogP contribution in [0.4, 0.5) is 0 Å². The van der Waals surface area contributed by atoms with E-state index < -0.39 is 29.9 Å². The second-order valence-electron chi connectivity index (χ2n) is 13.2. The monoisotopic (exact) mass is 474 g/mol. The van der Waals surface area contributed by atoms with Crippen LogP contribution in [0.3, 0.4) is 0 Å². The molecule has 34 heavy (non-hydrogen) atoms. The summed E-state index contributed by atoms with van der Waals surface area (Å²) in [4.78, 5) is 25.1. The lowest BCUT2D eigenvalue weighted by molar-refractivity contribution is -0.233. The smallest absolute Gasteiger partial charge is 0.339 e. The number of aliphatic hydroxyl groups excluding tert-OH is 1. The zero-order valence-electron chi connectivity index (χ0n) is 21.9. The number of hydrogen-bond donors (Lipinski definition) is 1. The number of carbonyl (C=O) groups excluding carboxylic acids is 2. The lowest BCUT2D eigenvalue weighted by atomic mass is 9.35. The average molecular weight is 475 g/mol. The quantitative estimate of drug-likeness (QED) is 0.580. The van der Waals surface area contributed by atoms with Crippen LogP contribution in [0, 0.1) is 39.4 Å². The first-order chi connectivity index (χ1) is 15.8. The molecule has 9 atom stereocenters. The standard InChI is InChI=1S/C28H42O6/c1-15(29)33-20-14-18-26(4)11-8-10-25(2,3)17(26)9-12-27(18,5)19-13-16(32-7)21-22(28(19,20)6)24(31)34-23(21)30/h16-20,24,31H,8-14H2,1-7H3/t16?,17-,18+,19-,20+,24+,26-,27+,28+/m0/s1. The number of rotatable bonds is 2. The van der Waals surface area contributed by atoms with Crippen molar-refractivity contribution in [2.24, 2.45) is 39.4 Å². The van der Waals surface area contributed by atoms with Gasteiger partial charge in [0.2, 0.25) is 6.29 Å². The van der Waals surface area contributed by atoms with Crippen molar-refractivity contribution in [3.8, 4) is 0 Å². The third kappa shape index (κ3) is 3.00. The molecular formula is C28H42O6. The van der Waals surface area contributed by atoms with Crippen LogP contribution >= 0.6 is 0 Å². The fourth-order valence-corrected chi connectivity index (χ4v) is 10.1. The topological polar surface area (TPSA) is 82.1 Å². The SMILES string of the molecule is COC1C[C@H]2[C@]3(C)CC[C@H]4C(C)(C)CCC[C@]4(C)[C@H]3C[C@@H](OC(C)=O)[C@]2(C)C2=C1C(=O)O[C@H]2O. The Kier molecular flexibility index (Phi) is 5.40. The lowest BCUT2D eigenvalue weighted by Crippen LogP contribution is -2.67.